The van der Waals surface area contributed by atoms with Gasteiger partial charge in [-0.3, -0.25) is 14.6 Å². The molecule has 2 aromatic heterocycles. The number of carbonyl (C=O) groups is 2. The van der Waals surface area contributed by atoms with Crippen molar-refractivity contribution in [1.29, 1.82) is 0 Å². The fraction of sp³-hybridized carbons (Fsp3) is 0.267. The maximum Gasteiger partial charge on any atom is 0.265 e. The molecule has 0 radical (unpaired) electrons. The molecule has 0 aliphatic rings. The van der Waals surface area contributed by atoms with Crippen molar-refractivity contribution in [3.63, 3.8) is 0 Å². The molecule has 0 spiro atoms. The highest BCUT2D eigenvalue weighted by Crippen LogP contribution is 2.23. The van der Waals surface area contributed by atoms with E-state index in [1.807, 2.05) is 12.1 Å². The maximum atomic E-state index is 12.0. The second-order valence-corrected chi connectivity index (χ2v) is 5.53. The molecule has 0 atom stereocenters. The number of nitrogens with one attached hydrogen (secondary N) is 1. The van der Waals surface area contributed by atoms with Crippen LogP contribution in [0.1, 0.15) is 15.2 Å². The molecule has 0 bridgehead atoms. The van der Waals surface area contributed by atoms with Crippen LogP contribution in [0, 0.1) is 0 Å². The van der Waals surface area contributed by atoms with Crippen molar-refractivity contribution in [2.45, 2.75) is 6.54 Å². The van der Waals surface area contributed by atoms with E-state index in [2.05, 4.69) is 10.3 Å². The van der Waals surface area contributed by atoms with Crippen molar-refractivity contribution < 1.29 is 14.3 Å². The number of thiophene rings is 1. The summed E-state index contributed by atoms with van der Waals surface area (Å²) in [6, 6.07) is 5.43. The number of hydrogen-bond acceptors (Lipinski definition) is 5. The third kappa shape index (κ3) is 4.05. The van der Waals surface area contributed by atoms with Gasteiger partial charge >= 0.3 is 0 Å². The monoisotopic (exact) mass is 319 g/mol. The number of rotatable bonds is 6. The molecular formula is C15H17N3O3S. The molecule has 22 heavy (non-hydrogen) atoms. The zero-order valence-corrected chi connectivity index (χ0v) is 13.2. The minimum absolute atomic E-state index is 0.0589. The fourth-order valence-electron chi connectivity index (χ4n) is 1.85. The van der Waals surface area contributed by atoms with E-state index in [4.69, 9.17) is 4.74 Å². The molecule has 0 saturated carbocycles. The highest BCUT2D eigenvalue weighted by atomic mass is 32.1. The third-order valence-electron chi connectivity index (χ3n) is 3.02. The lowest BCUT2D eigenvalue weighted by Crippen LogP contribution is -2.37. The number of pyridine rings is 1. The summed E-state index contributed by atoms with van der Waals surface area (Å²) < 4.78 is 5.09. The molecule has 0 aliphatic heterocycles. The Hall–Kier alpha value is -2.41. The summed E-state index contributed by atoms with van der Waals surface area (Å²) in [7, 11) is 3.19. The van der Waals surface area contributed by atoms with Crippen molar-refractivity contribution in [2.75, 3.05) is 20.7 Å². The quantitative estimate of drug-likeness (QED) is 0.877. The molecule has 0 unspecified atom stereocenters. The Morgan fingerprint density at radius 3 is 2.91 bits per heavy atom. The average molecular weight is 319 g/mol. The van der Waals surface area contributed by atoms with Crippen LogP contribution in [0.5, 0.6) is 5.75 Å². The largest absolute Gasteiger partial charge is 0.495 e. The van der Waals surface area contributed by atoms with E-state index in [0.29, 0.717) is 17.2 Å². The lowest BCUT2D eigenvalue weighted by Gasteiger charge is -2.17. The zero-order valence-electron chi connectivity index (χ0n) is 12.4. The first-order valence-corrected chi connectivity index (χ1v) is 7.52. The molecule has 2 rings (SSSR count). The summed E-state index contributed by atoms with van der Waals surface area (Å²) in [4.78, 5) is 30.1. The molecule has 6 nitrogen and oxygen atoms in total. The number of nitrogens with zero attached hydrogens (tertiary/aromatic N) is 2. The number of amides is 2. The van der Waals surface area contributed by atoms with Crippen molar-refractivity contribution in [1.82, 2.24) is 15.2 Å². The SMILES string of the molecule is COc1ccsc1C(=O)NCC(=O)N(C)Cc1cccnc1. The molecule has 0 fully saturated rings. The van der Waals surface area contributed by atoms with Crippen LogP contribution >= 0.6 is 11.3 Å². The minimum atomic E-state index is -0.310. The summed E-state index contributed by atoms with van der Waals surface area (Å²) in [6.07, 6.45) is 3.39. The average Bonchev–Trinajstić information content (AvgIpc) is 3.01. The maximum absolute atomic E-state index is 12.0. The number of methoxy groups -OCH3 is 1. The van der Waals surface area contributed by atoms with Gasteiger partial charge in [0, 0.05) is 26.0 Å². The van der Waals surface area contributed by atoms with Crippen molar-refractivity contribution in [2.24, 2.45) is 0 Å². The minimum Gasteiger partial charge on any atom is -0.495 e. The normalized spacial score (nSPS) is 10.1. The van der Waals surface area contributed by atoms with E-state index in [1.54, 1.807) is 35.8 Å². The molecule has 116 valence electrons. The van der Waals surface area contributed by atoms with Gasteiger partial charge in [-0.05, 0) is 23.1 Å². The van der Waals surface area contributed by atoms with E-state index in [0.717, 1.165) is 5.56 Å². The van der Waals surface area contributed by atoms with Gasteiger partial charge in [0.1, 0.15) is 10.6 Å². The van der Waals surface area contributed by atoms with Gasteiger partial charge in [0.2, 0.25) is 5.91 Å². The number of likely N-dealkylation sites (N-methyl/N-ethyl adjacent to an activating group) is 1. The number of ether oxygens (including phenoxy) is 1. The van der Waals surface area contributed by atoms with Crippen LogP contribution in [0.4, 0.5) is 0 Å². The van der Waals surface area contributed by atoms with E-state index in [1.165, 1.54) is 18.4 Å². The molecule has 2 amide bonds. The Balaban J connectivity index is 1.86. The van der Waals surface area contributed by atoms with Crippen LogP contribution < -0.4 is 10.1 Å². The van der Waals surface area contributed by atoms with Gasteiger partial charge in [-0.2, -0.15) is 0 Å². The topological polar surface area (TPSA) is 71.5 Å². The Morgan fingerprint density at radius 1 is 1.41 bits per heavy atom. The van der Waals surface area contributed by atoms with Crippen molar-refractivity contribution >= 4 is 23.2 Å². The first-order chi connectivity index (χ1) is 10.6. The Bertz CT molecular complexity index is 642. The van der Waals surface area contributed by atoms with Crippen molar-refractivity contribution in [3.8, 4) is 5.75 Å². The number of hydrogen-bond donors (Lipinski definition) is 1. The van der Waals surface area contributed by atoms with Gasteiger partial charge < -0.3 is 15.0 Å². The summed E-state index contributed by atoms with van der Waals surface area (Å²) in [5.41, 5.74) is 0.935. The second kappa shape index (κ2) is 7.56. The first kappa shape index (κ1) is 16.0. The van der Waals surface area contributed by atoms with E-state index in [9.17, 15) is 9.59 Å². The number of carbonyl (C=O) groups excluding carboxylic acids is 2. The molecule has 2 aromatic rings. The van der Waals surface area contributed by atoms with Gasteiger partial charge in [0.25, 0.3) is 5.91 Å². The predicted octanol–water partition coefficient (Wildman–Crippen LogP) is 1.54. The number of aromatic nitrogens is 1. The van der Waals surface area contributed by atoms with Gasteiger partial charge in [0.05, 0.1) is 13.7 Å². The van der Waals surface area contributed by atoms with Gasteiger partial charge in [-0.1, -0.05) is 6.07 Å². The van der Waals surface area contributed by atoms with Crippen LogP contribution in [-0.4, -0.2) is 42.4 Å². The van der Waals surface area contributed by atoms with Crippen LogP contribution in [-0.2, 0) is 11.3 Å². The summed E-state index contributed by atoms with van der Waals surface area (Å²) >= 11 is 1.27. The first-order valence-electron chi connectivity index (χ1n) is 6.64. The second-order valence-electron chi connectivity index (χ2n) is 4.61. The van der Waals surface area contributed by atoms with Crippen LogP contribution in [0.3, 0.4) is 0 Å². The zero-order chi connectivity index (χ0) is 15.9. The highest BCUT2D eigenvalue weighted by molar-refractivity contribution is 7.12. The van der Waals surface area contributed by atoms with E-state index < -0.39 is 0 Å². The van der Waals surface area contributed by atoms with Gasteiger partial charge in [-0.15, -0.1) is 11.3 Å². The van der Waals surface area contributed by atoms with Gasteiger partial charge in [-0.25, -0.2) is 0 Å². The Labute approximate surface area is 132 Å². The van der Waals surface area contributed by atoms with Crippen LogP contribution in [0.15, 0.2) is 36.0 Å². The third-order valence-corrected chi connectivity index (χ3v) is 3.92. The summed E-state index contributed by atoms with van der Waals surface area (Å²) in [6.45, 7) is 0.390. The lowest BCUT2D eigenvalue weighted by atomic mass is 10.2. The molecule has 7 heteroatoms. The summed E-state index contributed by atoms with van der Waals surface area (Å²) in [5, 5.41) is 4.38. The van der Waals surface area contributed by atoms with Crippen molar-refractivity contribution in [3.05, 3.63) is 46.4 Å². The molecule has 2 heterocycles. The van der Waals surface area contributed by atoms with Gasteiger partial charge in [0.15, 0.2) is 0 Å². The molecule has 1 N–H and O–H groups in total. The van der Waals surface area contributed by atoms with E-state index >= 15 is 0 Å². The Kier molecular flexibility index (Phi) is 5.48. The lowest BCUT2D eigenvalue weighted by molar-refractivity contribution is -0.129. The smallest absolute Gasteiger partial charge is 0.265 e. The van der Waals surface area contributed by atoms with Crippen LogP contribution in [0.2, 0.25) is 0 Å². The highest BCUT2D eigenvalue weighted by Gasteiger charge is 2.16. The standard InChI is InChI=1S/C15H17N3O3S/c1-18(10-11-4-3-6-16-8-11)13(19)9-17-15(20)14-12(21-2)5-7-22-14/h3-8H,9-10H2,1-2H3,(H,17,20). The molecule has 0 aliphatic carbocycles. The summed E-state index contributed by atoms with van der Waals surface area (Å²) in [5.74, 6) is 0.0290. The Morgan fingerprint density at radius 2 is 2.23 bits per heavy atom. The molecule has 0 aromatic carbocycles. The van der Waals surface area contributed by atoms with Crippen LogP contribution in [0.25, 0.3) is 0 Å². The van der Waals surface area contributed by atoms with E-state index in [-0.39, 0.29) is 18.4 Å². The molecule has 0 saturated heterocycles. The predicted molar refractivity (Wildman–Crippen MR) is 83.9 cm³/mol. The fourth-order valence-corrected chi connectivity index (χ4v) is 2.62. The molecular weight excluding hydrogens is 302 g/mol.